The number of aliphatic carboxylic acids is 1. The lowest BCUT2D eigenvalue weighted by Crippen LogP contribution is -2.48. The minimum Gasteiger partial charge on any atom is -0.480 e. The normalized spacial score (nSPS) is 18.5. The largest absolute Gasteiger partial charge is 0.480 e. The zero-order valence-corrected chi connectivity index (χ0v) is 11.7. The number of carbonyl (C=O) groups is 2. The van der Waals surface area contributed by atoms with E-state index in [4.69, 9.17) is 0 Å². The van der Waals surface area contributed by atoms with E-state index in [1.165, 1.54) is 21.7 Å². The van der Waals surface area contributed by atoms with Gasteiger partial charge in [0.25, 0.3) is 11.6 Å². The topological polar surface area (TPSA) is 106 Å². The lowest BCUT2D eigenvalue weighted by atomic mass is 10.0. The molecule has 2 heterocycles. The van der Waals surface area contributed by atoms with Gasteiger partial charge >= 0.3 is 5.97 Å². The number of hydrogen-bond donors (Lipinski definition) is 1. The monoisotopic (exact) mass is 295 g/mol. The van der Waals surface area contributed by atoms with Crippen LogP contribution in [0.1, 0.15) is 36.7 Å². The molecule has 2 rings (SSSR count). The van der Waals surface area contributed by atoms with E-state index in [1.807, 2.05) is 0 Å². The Hall–Kier alpha value is -2.38. The van der Waals surface area contributed by atoms with Crippen molar-refractivity contribution in [3.05, 3.63) is 28.1 Å². The van der Waals surface area contributed by atoms with Gasteiger partial charge in [-0.1, -0.05) is 0 Å². The van der Waals surface area contributed by atoms with Crippen molar-refractivity contribution in [3.63, 3.8) is 0 Å². The van der Waals surface area contributed by atoms with Gasteiger partial charge in [0.1, 0.15) is 11.7 Å². The van der Waals surface area contributed by atoms with E-state index in [2.05, 4.69) is 0 Å². The minimum absolute atomic E-state index is 0.163. The summed E-state index contributed by atoms with van der Waals surface area (Å²) in [6.45, 7) is 2.53. The molecule has 114 valence electrons. The van der Waals surface area contributed by atoms with Gasteiger partial charge in [-0.15, -0.1) is 0 Å². The molecule has 0 aliphatic carbocycles. The van der Waals surface area contributed by atoms with Crippen LogP contribution in [0.3, 0.4) is 0 Å². The number of nitrogens with zero attached hydrogens (tertiary/aromatic N) is 3. The van der Waals surface area contributed by atoms with Crippen molar-refractivity contribution in [1.82, 2.24) is 9.47 Å². The molecule has 1 saturated heterocycles. The Morgan fingerprint density at radius 1 is 1.48 bits per heavy atom. The number of carbonyl (C=O) groups excluding carboxylic acids is 1. The molecule has 0 unspecified atom stereocenters. The summed E-state index contributed by atoms with van der Waals surface area (Å²) < 4.78 is 1.48. The molecule has 8 heteroatoms. The van der Waals surface area contributed by atoms with Gasteiger partial charge < -0.3 is 14.6 Å². The van der Waals surface area contributed by atoms with Crippen LogP contribution in [0.2, 0.25) is 0 Å². The second-order valence-electron chi connectivity index (χ2n) is 4.98. The second kappa shape index (κ2) is 5.94. The van der Waals surface area contributed by atoms with E-state index < -0.39 is 22.8 Å². The smallest absolute Gasteiger partial charge is 0.326 e. The number of aromatic nitrogens is 1. The second-order valence-corrected chi connectivity index (χ2v) is 4.98. The molecule has 0 radical (unpaired) electrons. The van der Waals surface area contributed by atoms with E-state index >= 15 is 0 Å². The van der Waals surface area contributed by atoms with Gasteiger partial charge in [-0.2, -0.15) is 0 Å². The molecule has 1 aromatic heterocycles. The fourth-order valence-electron chi connectivity index (χ4n) is 2.61. The molecule has 0 saturated carbocycles. The van der Waals surface area contributed by atoms with Crippen molar-refractivity contribution in [2.24, 2.45) is 0 Å². The van der Waals surface area contributed by atoms with Crippen LogP contribution in [0, 0.1) is 10.1 Å². The molecule has 1 atom stereocenters. The zero-order chi connectivity index (χ0) is 15.6. The number of nitro groups is 1. The number of piperidine rings is 1. The molecule has 21 heavy (non-hydrogen) atoms. The van der Waals surface area contributed by atoms with Crippen LogP contribution in [0.5, 0.6) is 0 Å². The Kier molecular flexibility index (Phi) is 4.25. The van der Waals surface area contributed by atoms with Crippen LogP contribution in [-0.4, -0.2) is 44.0 Å². The maximum absolute atomic E-state index is 12.5. The van der Waals surface area contributed by atoms with Crippen molar-refractivity contribution < 1.29 is 19.6 Å². The molecule has 1 amide bonds. The van der Waals surface area contributed by atoms with Crippen LogP contribution in [0.4, 0.5) is 5.69 Å². The number of carboxylic acid groups (broad SMARTS) is 1. The van der Waals surface area contributed by atoms with Gasteiger partial charge in [0.05, 0.1) is 11.1 Å². The lowest BCUT2D eigenvalue weighted by Gasteiger charge is -2.33. The van der Waals surface area contributed by atoms with Gasteiger partial charge in [-0.25, -0.2) is 4.79 Å². The van der Waals surface area contributed by atoms with Gasteiger partial charge in [-0.3, -0.25) is 14.9 Å². The van der Waals surface area contributed by atoms with Crippen molar-refractivity contribution in [3.8, 4) is 0 Å². The van der Waals surface area contributed by atoms with Crippen molar-refractivity contribution >= 4 is 17.6 Å². The summed E-state index contributed by atoms with van der Waals surface area (Å²) in [6, 6.07) is 0.352. The first-order chi connectivity index (χ1) is 9.95. The number of hydrogen-bond acceptors (Lipinski definition) is 4. The van der Waals surface area contributed by atoms with Crippen LogP contribution < -0.4 is 0 Å². The number of carboxylic acids is 1. The summed E-state index contributed by atoms with van der Waals surface area (Å²) in [5.41, 5.74) is 0.00133. The van der Waals surface area contributed by atoms with Crippen LogP contribution in [-0.2, 0) is 11.3 Å². The molecule has 1 aromatic rings. The third kappa shape index (κ3) is 2.88. The predicted octanol–water partition coefficient (Wildman–Crippen LogP) is 1.50. The summed E-state index contributed by atoms with van der Waals surface area (Å²) in [5, 5.41) is 20.0. The van der Waals surface area contributed by atoms with Gasteiger partial charge in [0.2, 0.25) is 0 Å². The molecule has 1 fully saturated rings. The lowest BCUT2D eigenvalue weighted by molar-refractivity contribution is -0.384. The van der Waals surface area contributed by atoms with E-state index in [1.54, 1.807) is 6.92 Å². The Morgan fingerprint density at radius 2 is 2.19 bits per heavy atom. The summed E-state index contributed by atoms with van der Waals surface area (Å²) in [6.07, 6.45) is 3.21. The van der Waals surface area contributed by atoms with Gasteiger partial charge in [-0.05, 0) is 26.2 Å². The fraction of sp³-hybridized carbons (Fsp3) is 0.538. The summed E-state index contributed by atoms with van der Waals surface area (Å²) in [4.78, 5) is 35.4. The first-order valence-electron chi connectivity index (χ1n) is 6.84. The Balaban J connectivity index is 2.33. The molecule has 1 aliphatic rings. The van der Waals surface area contributed by atoms with Crippen LogP contribution in [0.25, 0.3) is 0 Å². The van der Waals surface area contributed by atoms with Crippen molar-refractivity contribution in [2.75, 3.05) is 6.54 Å². The molecule has 1 N–H and O–H groups in total. The highest BCUT2D eigenvalue weighted by molar-refractivity contribution is 5.96. The first-order valence-corrected chi connectivity index (χ1v) is 6.84. The average molecular weight is 295 g/mol. The Bertz CT molecular complexity index is 580. The fourth-order valence-corrected chi connectivity index (χ4v) is 2.61. The van der Waals surface area contributed by atoms with Gasteiger partial charge in [0.15, 0.2) is 0 Å². The molecular formula is C13H17N3O5. The van der Waals surface area contributed by atoms with Crippen LogP contribution >= 0.6 is 0 Å². The van der Waals surface area contributed by atoms with Crippen molar-refractivity contribution in [2.45, 2.75) is 38.8 Å². The molecular weight excluding hydrogens is 278 g/mol. The molecule has 0 aromatic carbocycles. The van der Waals surface area contributed by atoms with Gasteiger partial charge in [0, 0.05) is 19.2 Å². The third-order valence-corrected chi connectivity index (χ3v) is 3.70. The van der Waals surface area contributed by atoms with Crippen molar-refractivity contribution in [1.29, 1.82) is 0 Å². The SMILES string of the molecule is CCn1cc([N+](=O)[O-])cc1C(=O)N1CCCC[C@H]1C(=O)O. The molecule has 1 aliphatic heterocycles. The quantitative estimate of drug-likeness (QED) is 0.669. The summed E-state index contributed by atoms with van der Waals surface area (Å²) in [7, 11) is 0. The minimum atomic E-state index is -1.04. The first kappa shape index (κ1) is 15.0. The van der Waals surface area contributed by atoms with E-state index in [0.717, 1.165) is 12.8 Å². The highest BCUT2D eigenvalue weighted by atomic mass is 16.6. The maximum Gasteiger partial charge on any atom is 0.326 e. The summed E-state index contributed by atoms with van der Waals surface area (Å²) in [5.74, 6) is -1.50. The average Bonchev–Trinajstić information content (AvgIpc) is 2.90. The number of aryl methyl sites for hydroxylation is 1. The highest BCUT2D eigenvalue weighted by Gasteiger charge is 2.34. The van der Waals surface area contributed by atoms with E-state index in [-0.39, 0.29) is 11.4 Å². The standard InChI is InChI=1S/C13H17N3O5/c1-2-14-8-9(16(20)21)7-11(14)12(17)15-6-4-3-5-10(15)13(18)19/h7-8,10H,2-6H2,1H3,(H,18,19)/t10-/m0/s1. The Morgan fingerprint density at radius 3 is 2.76 bits per heavy atom. The number of rotatable bonds is 4. The van der Waals surface area contributed by atoms with E-state index in [9.17, 15) is 24.8 Å². The third-order valence-electron chi connectivity index (χ3n) is 3.70. The Labute approximate surface area is 121 Å². The zero-order valence-electron chi connectivity index (χ0n) is 11.7. The number of amides is 1. The molecule has 8 nitrogen and oxygen atoms in total. The van der Waals surface area contributed by atoms with Crippen LogP contribution in [0.15, 0.2) is 12.3 Å². The summed E-state index contributed by atoms with van der Waals surface area (Å²) >= 11 is 0. The van der Waals surface area contributed by atoms with E-state index in [0.29, 0.717) is 19.5 Å². The maximum atomic E-state index is 12.5. The predicted molar refractivity (Wildman–Crippen MR) is 73.1 cm³/mol. The molecule has 0 bridgehead atoms. The number of likely N-dealkylation sites (tertiary alicyclic amines) is 1. The highest BCUT2D eigenvalue weighted by Crippen LogP contribution is 2.23. The molecule has 0 spiro atoms.